The van der Waals surface area contributed by atoms with Crippen molar-refractivity contribution in [2.75, 3.05) is 11.4 Å². The molecule has 0 spiro atoms. The van der Waals surface area contributed by atoms with Crippen molar-refractivity contribution in [3.8, 4) is 12.3 Å². The summed E-state index contributed by atoms with van der Waals surface area (Å²) in [5.74, 6) is 2.85. The molecule has 1 heterocycles. The zero-order chi connectivity index (χ0) is 27.0. The van der Waals surface area contributed by atoms with Crippen LogP contribution in [0.2, 0.25) is 0 Å². The number of fused-ring (bicyclic) bond motifs is 2. The van der Waals surface area contributed by atoms with E-state index in [1.807, 2.05) is 71.9 Å². The summed E-state index contributed by atoms with van der Waals surface area (Å²) in [7, 11) is 0. The third-order valence-electron chi connectivity index (χ3n) is 5.81. The van der Waals surface area contributed by atoms with Crippen LogP contribution in [-0.2, 0) is 16.1 Å². The van der Waals surface area contributed by atoms with Gasteiger partial charge in [-0.3, -0.25) is 4.79 Å². The third-order valence-corrected chi connectivity index (χ3v) is 5.81. The van der Waals surface area contributed by atoms with Gasteiger partial charge in [0.1, 0.15) is 18.0 Å². The average Bonchev–Trinajstić information content (AvgIpc) is 3.21. The lowest BCUT2D eigenvalue weighted by molar-refractivity contribution is -0.0181. The van der Waals surface area contributed by atoms with Gasteiger partial charge < -0.3 is 19.4 Å². The fourth-order valence-electron chi connectivity index (χ4n) is 4.17. The number of carbonyl (C=O) groups excluding carboxylic acids is 1. The van der Waals surface area contributed by atoms with E-state index in [0.29, 0.717) is 28.8 Å². The van der Waals surface area contributed by atoms with Crippen LogP contribution in [0.4, 0.5) is 5.69 Å². The molecule has 0 bridgehead atoms. The highest BCUT2D eigenvalue weighted by Crippen LogP contribution is 2.37. The molecule has 1 atom stereocenters. The Hall–Kier alpha value is -3.89. The molecule has 0 saturated carbocycles. The van der Waals surface area contributed by atoms with E-state index < -0.39 is 5.60 Å². The first-order chi connectivity index (χ1) is 17.3. The zero-order valence-electron chi connectivity index (χ0n) is 22.2. The van der Waals surface area contributed by atoms with Gasteiger partial charge in [0.2, 0.25) is 0 Å². The van der Waals surface area contributed by atoms with E-state index in [0.717, 1.165) is 16.8 Å². The Kier molecular flexibility index (Phi) is 6.98. The number of carbonyl (C=O) groups is 1. The van der Waals surface area contributed by atoms with E-state index in [1.54, 1.807) is 12.1 Å². The fourth-order valence-corrected chi connectivity index (χ4v) is 4.17. The Morgan fingerprint density at radius 1 is 1.11 bits per heavy atom. The van der Waals surface area contributed by atoms with E-state index in [-0.39, 0.29) is 29.8 Å². The van der Waals surface area contributed by atoms with E-state index in [1.165, 1.54) is 0 Å². The molecule has 4 rings (SSSR count). The van der Waals surface area contributed by atoms with Gasteiger partial charge in [0.25, 0.3) is 5.56 Å². The van der Waals surface area contributed by atoms with Gasteiger partial charge in [-0.1, -0.05) is 18.1 Å². The number of aromatic nitrogens is 2. The molecule has 1 N–H and O–H groups in total. The van der Waals surface area contributed by atoms with Gasteiger partial charge in [0, 0.05) is 5.69 Å². The van der Waals surface area contributed by atoms with Crippen molar-refractivity contribution in [2.45, 2.75) is 65.4 Å². The molecule has 0 amide bonds. The van der Waals surface area contributed by atoms with Crippen molar-refractivity contribution >= 4 is 28.6 Å². The lowest BCUT2D eigenvalue weighted by Gasteiger charge is -2.29. The predicted molar refractivity (Wildman–Crippen MR) is 146 cm³/mol. The first kappa shape index (κ1) is 26.2. The first-order valence-corrected chi connectivity index (χ1v) is 12.3. The topological polar surface area (TPSA) is 84.5 Å². The molecule has 3 aromatic rings. The van der Waals surface area contributed by atoms with E-state index in [4.69, 9.17) is 15.9 Å². The predicted octanol–water partition coefficient (Wildman–Crippen LogP) is 5.40. The SMILES string of the molecule is C#CCN(c1ccc(C(=O)OC(C)(C)C)cc1)[C@@H]1C=Cc2cc3nc(COC(C)(C)C)[nH]c(=O)c3cc21. The van der Waals surface area contributed by atoms with Crippen molar-refractivity contribution in [2.24, 2.45) is 0 Å². The molecule has 1 aliphatic carbocycles. The number of nitrogens with zero attached hydrogens (tertiary/aromatic N) is 2. The van der Waals surface area contributed by atoms with Crippen LogP contribution in [0.15, 0.2) is 47.3 Å². The molecule has 1 aromatic heterocycles. The van der Waals surface area contributed by atoms with E-state index in [9.17, 15) is 9.59 Å². The summed E-state index contributed by atoms with van der Waals surface area (Å²) in [6, 6.07) is 10.8. The Bertz CT molecular complexity index is 1450. The Morgan fingerprint density at radius 3 is 2.43 bits per heavy atom. The Balaban J connectivity index is 1.64. The summed E-state index contributed by atoms with van der Waals surface area (Å²) in [5, 5.41) is 0.507. The molecule has 0 radical (unpaired) electrons. The summed E-state index contributed by atoms with van der Waals surface area (Å²) in [4.78, 5) is 34.9. The summed E-state index contributed by atoms with van der Waals surface area (Å²) in [6.45, 7) is 11.9. The second-order valence-corrected chi connectivity index (χ2v) is 11.1. The monoisotopic (exact) mass is 499 g/mol. The van der Waals surface area contributed by atoms with Gasteiger partial charge in [0.05, 0.1) is 34.7 Å². The van der Waals surface area contributed by atoms with E-state index >= 15 is 0 Å². The first-order valence-electron chi connectivity index (χ1n) is 12.3. The Morgan fingerprint density at radius 2 is 1.81 bits per heavy atom. The molecule has 0 saturated heterocycles. The maximum atomic E-state index is 12.9. The van der Waals surface area contributed by atoms with Gasteiger partial charge in [0.15, 0.2) is 0 Å². The number of ether oxygens (including phenoxy) is 2. The number of terminal acetylenes is 1. The van der Waals surface area contributed by atoms with Crippen molar-refractivity contribution < 1.29 is 14.3 Å². The van der Waals surface area contributed by atoms with Crippen molar-refractivity contribution in [3.05, 3.63) is 75.3 Å². The van der Waals surface area contributed by atoms with E-state index in [2.05, 4.69) is 26.9 Å². The normalized spacial score (nSPS) is 14.9. The van der Waals surface area contributed by atoms with Crippen molar-refractivity contribution in [1.29, 1.82) is 0 Å². The number of esters is 1. The molecular formula is C30H33N3O4. The lowest BCUT2D eigenvalue weighted by Crippen LogP contribution is -2.27. The second-order valence-electron chi connectivity index (χ2n) is 11.1. The molecule has 2 aromatic carbocycles. The average molecular weight is 500 g/mol. The van der Waals surface area contributed by atoms with Gasteiger partial charge in [-0.2, -0.15) is 0 Å². The van der Waals surface area contributed by atoms with Crippen LogP contribution in [0.3, 0.4) is 0 Å². The standard InChI is InChI=1S/C30H33N3O4/c1-8-15-33(21-12-9-19(10-13-21)28(35)37-30(5,6)7)25-14-11-20-16-24-23(17-22(20)25)27(34)32-26(31-24)18-36-29(2,3)4/h1,9-14,16-17,25H,15,18H2,2-7H3,(H,31,32,34)/t25-/m1/s1. The van der Waals surface area contributed by atoms with Crippen LogP contribution in [-0.4, -0.2) is 33.7 Å². The molecule has 1 aliphatic rings. The largest absolute Gasteiger partial charge is 0.456 e. The third kappa shape index (κ3) is 6.10. The van der Waals surface area contributed by atoms with Crippen LogP contribution in [0.25, 0.3) is 17.0 Å². The number of nitrogens with one attached hydrogen (secondary N) is 1. The summed E-state index contributed by atoms with van der Waals surface area (Å²) < 4.78 is 11.2. The van der Waals surface area contributed by atoms with Gasteiger partial charge >= 0.3 is 5.97 Å². The maximum Gasteiger partial charge on any atom is 0.338 e. The Labute approximate surface area is 217 Å². The van der Waals surface area contributed by atoms with Crippen LogP contribution in [0, 0.1) is 12.3 Å². The highest BCUT2D eigenvalue weighted by molar-refractivity contribution is 5.90. The highest BCUT2D eigenvalue weighted by Gasteiger charge is 2.26. The summed E-state index contributed by atoms with van der Waals surface area (Å²) in [5.41, 5.74) is 2.76. The molecule has 7 heteroatoms. The molecular weight excluding hydrogens is 466 g/mol. The van der Waals surface area contributed by atoms with Crippen LogP contribution in [0.1, 0.15) is 74.9 Å². The number of hydrogen-bond donors (Lipinski definition) is 1. The maximum absolute atomic E-state index is 12.9. The molecule has 0 aliphatic heterocycles. The van der Waals surface area contributed by atoms with Crippen molar-refractivity contribution in [1.82, 2.24) is 9.97 Å². The van der Waals surface area contributed by atoms with Crippen LogP contribution < -0.4 is 10.5 Å². The number of rotatable bonds is 6. The quantitative estimate of drug-likeness (QED) is 0.361. The van der Waals surface area contributed by atoms with Crippen LogP contribution >= 0.6 is 0 Å². The summed E-state index contributed by atoms with van der Waals surface area (Å²) in [6.07, 6.45) is 9.80. The molecule has 0 unspecified atom stereocenters. The zero-order valence-corrected chi connectivity index (χ0v) is 22.2. The molecule has 37 heavy (non-hydrogen) atoms. The number of H-pyrrole nitrogens is 1. The molecule has 0 fully saturated rings. The molecule has 7 nitrogen and oxygen atoms in total. The smallest absolute Gasteiger partial charge is 0.338 e. The van der Waals surface area contributed by atoms with Gasteiger partial charge in [-0.15, -0.1) is 6.42 Å². The summed E-state index contributed by atoms with van der Waals surface area (Å²) >= 11 is 0. The minimum Gasteiger partial charge on any atom is -0.456 e. The second kappa shape index (κ2) is 9.87. The number of aromatic amines is 1. The van der Waals surface area contributed by atoms with Crippen molar-refractivity contribution in [3.63, 3.8) is 0 Å². The minimum atomic E-state index is -0.570. The lowest BCUT2D eigenvalue weighted by atomic mass is 10.0. The number of hydrogen-bond acceptors (Lipinski definition) is 6. The van der Waals surface area contributed by atoms with Gasteiger partial charge in [-0.05, 0) is 89.1 Å². The minimum absolute atomic E-state index is 0.175. The van der Waals surface area contributed by atoms with Crippen LogP contribution in [0.5, 0.6) is 0 Å². The number of benzene rings is 2. The van der Waals surface area contributed by atoms with Gasteiger partial charge in [-0.25, -0.2) is 9.78 Å². The fraction of sp³-hybridized carbons (Fsp3) is 0.367. The number of anilines is 1. The highest BCUT2D eigenvalue weighted by atomic mass is 16.6. The molecule has 192 valence electrons.